The van der Waals surface area contributed by atoms with Crippen molar-refractivity contribution in [3.63, 3.8) is 0 Å². The van der Waals surface area contributed by atoms with Gasteiger partial charge in [-0.05, 0) is 6.04 Å². The monoisotopic (exact) mass is 601 g/mol. The van der Waals surface area contributed by atoms with Gasteiger partial charge in [-0.1, -0.05) is 48.0 Å². The van der Waals surface area contributed by atoms with E-state index in [0.29, 0.717) is 0 Å². The van der Waals surface area contributed by atoms with Crippen LogP contribution in [0.25, 0.3) is 21.5 Å². The molecule has 0 N–H and O–H groups in total. The Morgan fingerprint density at radius 2 is 0.966 bits per heavy atom. The number of fused-ring (bicyclic) bond motifs is 2. The van der Waals surface area contributed by atoms with E-state index in [9.17, 15) is 0 Å². The largest absolute Gasteiger partial charge is 4.00 e. The van der Waals surface area contributed by atoms with E-state index >= 15 is 0 Å². The van der Waals surface area contributed by atoms with E-state index < -0.39 is 0 Å². The zero-order chi connectivity index (χ0) is 18.0. The first-order valence-corrected chi connectivity index (χ1v) is 9.91. The second-order valence-corrected chi connectivity index (χ2v) is 6.54. The van der Waals surface area contributed by atoms with E-state index in [0.717, 1.165) is 0 Å². The molecule has 0 aliphatic rings. The Bertz CT molecular complexity index is 912. The summed E-state index contributed by atoms with van der Waals surface area (Å²) in [6, 6.07) is 41.0. The normalized spacial score (nSPS) is 8.86. The molecule has 0 aliphatic carbocycles. The summed E-state index contributed by atoms with van der Waals surface area (Å²) in [5.41, 5.74) is 1.42. The van der Waals surface area contributed by atoms with Crippen molar-refractivity contribution in [3.8, 4) is 0 Å². The molecule has 1 radical (unpaired) electrons. The van der Waals surface area contributed by atoms with Gasteiger partial charge in [-0.2, -0.15) is 35.0 Å². The molecule has 145 valence electrons. The molecule has 0 fully saturated rings. The van der Waals surface area contributed by atoms with Crippen molar-refractivity contribution < 1.29 is 50.7 Å². The van der Waals surface area contributed by atoms with Gasteiger partial charge in [-0.3, -0.25) is 0 Å². The fourth-order valence-corrected chi connectivity index (χ4v) is 3.12. The minimum absolute atomic E-state index is 0. The van der Waals surface area contributed by atoms with Crippen molar-refractivity contribution >= 4 is 31.8 Å². The Morgan fingerprint density at radius 3 is 1.34 bits per heavy atom. The summed E-state index contributed by atoms with van der Waals surface area (Å²) in [5, 5.41) is 5.32. The average molecular weight is 601 g/mol. The Kier molecular flexibility index (Phi) is 14.6. The zero-order valence-corrected chi connectivity index (χ0v) is 22.7. The van der Waals surface area contributed by atoms with Gasteiger partial charge in [0.1, 0.15) is 0 Å². The van der Waals surface area contributed by atoms with Crippen LogP contribution < -0.4 is 24.8 Å². The first-order chi connectivity index (χ1) is 12.9. The van der Waals surface area contributed by atoms with E-state index in [2.05, 4.69) is 109 Å². The quantitative estimate of drug-likeness (QED) is 0.187. The van der Waals surface area contributed by atoms with Crippen molar-refractivity contribution in [2.24, 2.45) is 0 Å². The van der Waals surface area contributed by atoms with Crippen LogP contribution in [0.15, 0.2) is 115 Å². The molecule has 5 aromatic carbocycles. The third-order valence-corrected chi connectivity index (χ3v) is 4.80. The maximum Gasteiger partial charge on any atom is 4.00 e. The predicted octanol–water partition coefficient (Wildman–Crippen LogP) is -0.0574. The molecule has 0 heterocycles. The molecule has 5 aromatic rings. The van der Waals surface area contributed by atoms with E-state index in [-0.39, 0.29) is 50.7 Å². The topological polar surface area (TPSA) is 0 Å². The van der Waals surface area contributed by atoms with Gasteiger partial charge >= 0.3 is 25.8 Å². The fourth-order valence-electron chi connectivity index (χ4n) is 2.78. The van der Waals surface area contributed by atoms with Gasteiger partial charge in [-0.25, -0.2) is 0 Å². The van der Waals surface area contributed by atoms with E-state index in [4.69, 9.17) is 0 Å². The number of benzene rings is 3. The summed E-state index contributed by atoms with van der Waals surface area (Å²) in [6.07, 6.45) is 0. The standard InChI is InChI=1S/2C9H7.C7H9Si.2ClH.Hf/c2*1-2-5-9-7-3-6-8(9)4-1;8-6-7-4-2-1-3-5-7;;;/h2*1-7H;1-5H,6,8H2;2*1H;/q2*-1;;;;+4/p-2. The van der Waals surface area contributed by atoms with Gasteiger partial charge in [0.2, 0.25) is 0 Å². The van der Waals surface area contributed by atoms with Gasteiger partial charge in [0, 0.05) is 10.2 Å². The molecule has 0 amide bonds. The van der Waals surface area contributed by atoms with Gasteiger partial charge in [0.25, 0.3) is 0 Å². The maximum absolute atomic E-state index is 2.15. The summed E-state index contributed by atoms with van der Waals surface area (Å²) < 4.78 is 0. The van der Waals surface area contributed by atoms with Crippen LogP contribution in [0.4, 0.5) is 0 Å². The molecular formula is C25H23Cl2HfSi. The van der Waals surface area contributed by atoms with Crippen LogP contribution in [0.2, 0.25) is 0 Å². The van der Waals surface area contributed by atoms with E-state index in [1.165, 1.54) is 33.2 Å². The van der Waals surface area contributed by atoms with Crippen molar-refractivity contribution in [2.45, 2.75) is 6.04 Å². The van der Waals surface area contributed by atoms with E-state index in [1.807, 2.05) is 16.3 Å². The summed E-state index contributed by atoms with van der Waals surface area (Å²) >= 11 is 0. The third kappa shape index (κ3) is 8.84. The maximum atomic E-state index is 2.15. The molecule has 0 unspecified atom stereocenters. The molecule has 0 bridgehead atoms. The van der Waals surface area contributed by atoms with Gasteiger partial charge < -0.3 is 24.8 Å². The molecule has 0 saturated carbocycles. The molecule has 0 spiro atoms. The second-order valence-electron chi connectivity index (χ2n) is 6.04. The Hall–Kier alpha value is -1.45. The summed E-state index contributed by atoms with van der Waals surface area (Å²) in [5.74, 6) is 0. The SMILES string of the molecule is [Cl-].[Cl-].[Hf+4].[SiH2]Cc1ccccc1.c1ccc2[cH-]ccc2c1.c1ccc2[cH-]ccc2c1. The summed E-state index contributed by atoms with van der Waals surface area (Å²) in [7, 11) is 1.98. The predicted molar refractivity (Wildman–Crippen MR) is 118 cm³/mol. The van der Waals surface area contributed by atoms with Gasteiger partial charge in [0.05, 0.1) is 0 Å². The Labute approximate surface area is 208 Å². The van der Waals surface area contributed by atoms with Crippen LogP contribution in [-0.4, -0.2) is 10.2 Å². The molecule has 0 aromatic heterocycles. The smallest absolute Gasteiger partial charge is 1.00 e. The van der Waals surface area contributed by atoms with Crippen molar-refractivity contribution in [2.75, 3.05) is 0 Å². The molecule has 4 heteroatoms. The number of halogens is 2. The second kappa shape index (κ2) is 15.4. The minimum Gasteiger partial charge on any atom is -1.00 e. The molecule has 0 nitrogen and oxygen atoms in total. The zero-order valence-electron chi connectivity index (χ0n) is 16.1. The number of hydrogen-bond donors (Lipinski definition) is 0. The molecule has 5 rings (SSSR count). The van der Waals surface area contributed by atoms with Crippen LogP contribution >= 0.6 is 0 Å². The first-order valence-electron chi connectivity index (χ1n) is 8.91. The Balaban J connectivity index is 0.000000387. The van der Waals surface area contributed by atoms with Crippen LogP contribution in [0.3, 0.4) is 0 Å². The molecule has 0 aliphatic heterocycles. The summed E-state index contributed by atoms with van der Waals surface area (Å²) in [4.78, 5) is 0. The minimum atomic E-state index is 0. The van der Waals surface area contributed by atoms with Crippen LogP contribution in [0, 0.1) is 0 Å². The average Bonchev–Trinajstić information content (AvgIpc) is 3.38. The fraction of sp³-hybridized carbons (Fsp3) is 0.0400. The number of rotatable bonds is 1. The first kappa shape index (κ1) is 27.5. The molecule has 29 heavy (non-hydrogen) atoms. The molecule has 0 saturated heterocycles. The Morgan fingerprint density at radius 1 is 0.552 bits per heavy atom. The summed E-state index contributed by atoms with van der Waals surface area (Å²) in [6.45, 7) is 0. The van der Waals surface area contributed by atoms with Gasteiger partial charge in [0.15, 0.2) is 0 Å². The van der Waals surface area contributed by atoms with Crippen molar-refractivity contribution in [1.29, 1.82) is 0 Å². The van der Waals surface area contributed by atoms with E-state index in [1.54, 1.807) is 0 Å². The van der Waals surface area contributed by atoms with Crippen LogP contribution in [-0.2, 0) is 31.9 Å². The van der Waals surface area contributed by atoms with Crippen LogP contribution in [0.1, 0.15) is 5.56 Å². The molecule has 0 atom stereocenters. The molecular weight excluding hydrogens is 578 g/mol. The van der Waals surface area contributed by atoms with Crippen LogP contribution in [0.5, 0.6) is 0 Å². The third-order valence-electron chi connectivity index (χ3n) is 4.23. The van der Waals surface area contributed by atoms with Gasteiger partial charge in [-0.15, -0.1) is 59.3 Å². The van der Waals surface area contributed by atoms with Crippen molar-refractivity contribution in [3.05, 3.63) is 121 Å². The number of hydrogen-bond acceptors (Lipinski definition) is 0. The van der Waals surface area contributed by atoms with Crippen molar-refractivity contribution in [1.82, 2.24) is 0 Å².